The van der Waals surface area contributed by atoms with Crippen molar-refractivity contribution >= 4 is 0 Å². The molecule has 3 heteroatoms. The molecule has 0 saturated heterocycles. The van der Waals surface area contributed by atoms with Gasteiger partial charge in [0.15, 0.2) is 0 Å². The molecule has 0 heterocycles. The maximum Gasteiger partial charge on any atom is 0.120 e. The zero-order valence-electron chi connectivity index (χ0n) is 10.3. The number of aliphatic hydroxyl groups excluding tert-OH is 1. The molecule has 1 aromatic carbocycles. The van der Waals surface area contributed by atoms with E-state index >= 15 is 0 Å². The molecule has 0 amide bonds. The number of benzene rings is 1. The number of ether oxygens (including phenoxy) is 1. The lowest BCUT2D eigenvalue weighted by atomic mass is 10.1. The third-order valence-corrected chi connectivity index (χ3v) is 2.22. The van der Waals surface area contributed by atoms with Crippen LogP contribution in [0.4, 0.5) is 0 Å². The van der Waals surface area contributed by atoms with Crippen LogP contribution in [0.15, 0.2) is 24.3 Å². The molecule has 3 N–H and O–H groups in total. The molecule has 92 valence electrons. The summed E-state index contributed by atoms with van der Waals surface area (Å²) in [7, 11) is 0. The molecule has 0 aliphatic rings. The predicted molar refractivity (Wildman–Crippen MR) is 68.7 cm³/mol. The zero-order valence-corrected chi connectivity index (χ0v) is 10.3. The lowest BCUT2D eigenvalue weighted by molar-refractivity contribution is 0.181. The maximum absolute atomic E-state index is 9.58. The minimum Gasteiger partial charge on any atom is -0.492 e. The summed E-state index contributed by atoms with van der Waals surface area (Å²) in [5.41, 5.74) is 6.19. The van der Waals surface area contributed by atoms with E-state index in [1.54, 1.807) is 0 Å². The molecule has 0 aliphatic heterocycles. The summed E-state index contributed by atoms with van der Waals surface area (Å²) in [5, 5.41) is 9.58. The fourth-order valence-electron chi connectivity index (χ4n) is 1.16. The summed E-state index contributed by atoms with van der Waals surface area (Å²) in [6.45, 7) is 4.84. The van der Waals surface area contributed by atoms with Crippen molar-refractivity contribution in [3.8, 4) is 17.6 Å². The van der Waals surface area contributed by atoms with Gasteiger partial charge in [-0.2, -0.15) is 0 Å². The van der Waals surface area contributed by atoms with Gasteiger partial charge in [0.25, 0.3) is 0 Å². The van der Waals surface area contributed by atoms with Crippen molar-refractivity contribution in [3.05, 3.63) is 29.8 Å². The SMILES string of the molecule is CC(C)C(O)C#Cc1cccc(OCCN)c1. The number of rotatable bonds is 4. The van der Waals surface area contributed by atoms with Gasteiger partial charge in [-0.15, -0.1) is 0 Å². The average molecular weight is 233 g/mol. The van der Waals surface area contributed by atoms with Crippen molar-refractivity contribution in [3.63, 3.8) is 0 Å². The summed E-state index contributed by atoms with van der Waals surface area (Å²) >= 11 is 0. The van der Waals surface area contributed by atoms with E-state index in [9.17, 15) is 5.11 Å². The molecule has 0 aliphatic carbocycles. The first-order valence-electron chi connectivity index (χ1n) is 5.76. The predicted octanol–water partition coefficient (Wildman–Crippen LogP) is 1.39. The third kappa shape index (κ3) is 4.90. The summed E-state index contributed by atoms with van der Waals surface area (Å²) in [4.78, 5) is 0. The van der Waals surface area contributed by atoms with E-state index in [0.29, 0.717) is 13.2 Å². The second-order valence-electron chi connectivity index (χ2n) is 4.12. The van der Waals surface area contributed by atoms with Crippen LogP contribution >= 0.6 is 0 Å². The van der Waals surface area contributed by atoms with Crippen LogP contribution in [0.5, 0.6) is 5.75 Å². The first kappa shape index (κ1) is 13.6. The third-order valence-electron chi connectivity index (χ3n) is 2.22. The molecule has 1 rings (SSSR count). The van der Waals surface area contributed by atoms with Gasteiger partial charge in [0.1, 0.15) is 18.5 Å². The van der Waals surface area contributed by atoms with Crippen molar-refractivity contribution in [2.45, 2.75) is 20.0 Å². The molecule has 1 atom stereocenters. The van der Waals surface area contributed by atoms with Crippen LogP contribution in [0.3, 0.4) is 0 Å². The first-order chi connectivity index (χ1) is 8.13. The van der Waals surface area contributed by atoms with E-state index in [0.717, 1.165) is 11.3 Å². The van der Waals surface area contributed by atoms with Crippen LogP contribution in [0, 0.1) is 17.8 Å². The quantitative estimate of drug-likeness (QED) is 0.773. The summed E-state index contributed by atoms with van der Waals surface area (Å²) < 4.78 is 5.39. The van der Waals surface area contributed by atoms with Crippen LogP contribution in [-0.4, -0.2) is 24.4 Å². The molecule has 17 heavy (non-hydrogen) atoms. The second-order valence-corrected chi connectivity index (χ2v) is 4.12. The molecule has 0 spiro atoms. The standard InChI is InChI=1S/C14H19NO2/c1-11(2)14(16)7-6-12-4-3-5-13(10-12)17-9-8-15/h3-5,10-11,14,16H,8-9,15H2,1-2H3. The van der Waals surface area contributed by atoms with Gasteiger partial charge in [-0.25, -0.2) is 0 Å². The Kier molecular flexibility index (Phi) is 5.55. The Morgan fingerprint density at radius 3 is 2.82 bits per heavy atom. The van der Waals surface area contributed by atoms with Gasteiger partial charge in [-0.3, -0.25) is 0 Å². The molecule has 0 fully saturated rings. The Balaban J connectivity index is 2.71. The van der Waals surface area contributed by atoms with E-state index in [-0.39, 0.29) is 5.92 Å². The number of aliphatic hydroxyl groups is 1. The van der Waals surface area contributed by atoms with E-state index < -0.39 is 6.10 Å². The summed E-state index contributed by atoms with van der Waals surface area (Å²) in [5.74, 6) is 6.63. The molecule has 1 unspecified atom stereocenters. The molecule has 0 aromatic heterocycles. The van der Waals surface area contributed by atoms with Gasteiger partial charge < -0.3 is 15.6 Å². The second kappa shape index (κ2) is 6.95. The number of hydrogen-bond donors (Lipinski definition) is 2. The molecule has 1 aromatic rings. The van der Waals surface area contributed by atoms with Crippen molar-refractivity contribution in [2.24, 2.45) is 11.7 Å². The van der Waals surface area contributed by atoms with Crippen LogP contribution in [0.2, 0.25) is 0 Å². The van der Waals surface area contributed by atoms with Gasteiger partial charge in [-0.1, -0.05) is 31.8 Å². The van der Waals surface area contributed by atoms with Crippen molar-refractivity contribution < 1.29 is 9.84 Å². The van der Waals surface area contributed by atoms with Gasteiger partial charge >= 0.3 is 0 Å². The highest BCUT2D eigenvalue weighted by molar-refractivity contribution is 5.40. The summed E-state index contributed by atoms with van der Waals surface area (Å²) in [6, 6.07) is 7.46. The number of nitrogens with two attached hydrogens (primary N) is 1. The minimum absolute atomic E-state index is 0.138. The smallest absolute Gasteiger partial charge is 0.120 e. The maximum atomic E-state index is 9.58. The average Bonchev–Trinajstić information content (AvgIpc) is 2.33. The monoisotopic (exact) mass is 233 g/mol. The molecule has 0 bridgehead atoms. The molecule has 0 radical (unpaired) electrons. The number of hydrogen-bond acceptors (Lipinski definition) is 3. The molecular weight excluding hydrogens is 214 g/mol. The van der Waals surface area contributed by atoms with Crippen molar-refractivity contribution in [2.75, 3.05) is 13.2 Å². The van der Waals surface area contributed by atoms with Crippen LogP contribution in [-0.2, 0) is 0 Å². The topological polar surface area (TPSA) is 55.5 Å². The van der Waals surface area contributed by atoms with E-state index in [1.807, 2.05) is 38.1 Å². The van der Waals surface area contributed by atoms with Crippen LogP contribution in [0.25, 0.3) is 0 Å². The molecule has 3 nitrogen and oxygen atoms in total. The lowest BCUT2D eigenvalue weighted by Crippen LogP contribution is -2.11. The summed E-state index contributed by atoms with van der Waals surface area (Å²) in [6.07, 6.45) is -0.594. The van der Waals surface area contributed by atoms with Crippen molar-refractivity contribution in [1.82, 2.24) is 0 Å². The normalized spacial score (nSPS) is 11.8. The van der Waals surface area contributed by atoms with E-state index in [1.165, 1.54) is 0 Å². The molecule has 0 saturated carbocycles. The van der Waals surface area contributed by atoms with Crippen LogP contribution < -0.4 is 10.5 Å². The minimum atomic E-state index is -0.594. The Hall–Kier alpha value is -1.50. The van der Waals surface area contributed by atoms with Crippen molar-refractivity contribution in [1.29, 1.82) is 0 Å². The zero-order chi connectivity index (χ0) is 12.7. The Labute approximate surface area is 103 Å². The van der Waals surface area contributed by atoms with Crippen LogP contribution in [0.1, 0.15) is 19.4 Å². The highest BCUT2D eigenvalue weighted by atomic mass is 16.5. The van der Waals surface area contributed by atoms with E-state index in [4.69, 9.17) is 10.5 Å². The highest BCUT2D eigenvalue weighted by Crippen LogP contribution is 2.12. The lowest BCUT2D eigenvalue weighted by Gasteiger charge is -2.06. The molecular formula is C14H19NO2. The fourth-order valence-corrected chi connectivity index (χ4v) is 1.16. The van der Waals surface area contributed by atoms with Gasteiger partial charge in [0, 0.05) is 12.1 Å². The Bertz CT molecular complexity index is 404. The van der Waals surface area contributed by atoms with Gasteiger partial charge in [-0.05, 0) is 24.1 Å². The Morgan fingerprint density at radius 2 is 2.18 bits per heavy atom. The Morgan fingerprint density at radius 1 is 1.41 bits per heavy atom. The van der Waals surface area contributed by atoms with Gasteiger partial charge in [0.2, 0.25) is 0 Å². The fraction of sp³-hybridized carbons (Fsp3) is 0.429. The highest BCUT2D eigenvalue weighted by Gasteiger charge is 2.03. The first-order valence-corrected chi connectivity index (χ1v) is 5.76. The van der Waals surface area contributed by atoms with Gasteiger partial charge in [0.05, 0.1) is 0 Å². The largest absolute Gasteiger partial charge is 0.492 e. The van der Waals surface area contributed by atoms with E-state index in [2.05, 4.69) is 11.8 Å².